The number of thiazole rings is 1. The molecule has 0 bridgehead atoms. The minimum Gasteiger partial charge on any atom is -0.373 e. The van der Waals surface area contributed by atoms with Crippen LogP contribution in [0.3, 0.4) is 0 Å². The second kappa shape index (κ2) is 7.21. The van der Waals surface area contributed by atoms with E-state index >= 15 is 0 Å². The van der Waals surface area contributed by atoms with Crippen LogP contribution in [0.1, 0.15) is 25.1 Å². The summed E-state index contributed by atoms with van der Waals surface area (Å²) < 4.78 is 1.46. The molecule has 0 amide bonds. The number of anilines is 2. The van der Waals surface area contributed by atoms with Crippen LogP contribution in [0.25, 0.3) is 0 Å². The van der Waals surface area contributed by atoms with Crippen molar-refractivity contribution in [2.75, 3.05) is 30.4 Å². The van der Waals surface area contributed by atoms with Crippen molar-refractivity contribution >= 4 is 22.2 Å². The van der Waals surface area contributed by atoms with E-state index in [1.54, 1.807) is 29.8 Å². The number of hydrogen-bond donors (Lipinski definition) is 1. The van der Waals surface area contributed by atoms with Crippen LogP contribution < -0.4 is 15.8 Å². The summed E-state index contributed by atoms with van der Waals surface area (Å²) in [5.74, 6) is 0. The van der Waals surface area contributed by atoms with E-state index in [0.717, 1.165) is 35.2 Å². The highest BCUT2D eigenvalue weighted by molar-refractivity contribution is 7.15. The highest BCUT2D eigenvalue weighted by atomic mass is 32.1. The number of rotatable bonds is 7. The van der Waals surface area contributed by atoms with E-state index in [9.17, 15) is 4.79 Å². The third kappa shape index (κ3) is 4.04. The van der Waals surface area contributed by atoms with Crippen molar-refractivity contribution in [1.82, 2.24) is 14.8 Å². The van der Waals surface area contributed by atoms with Crippen molar-refractivity contribution in [3.63, 3.8) is 0 Å². The third-order valence-corrected chi connectivity index (χ3v) is 3.98. The van der Waals surface area contributed by atoms with Gasteiger partial charge in [-0.15, -0.1) is 11.3 Å². The van der Waals surface area contributed by atoms with Gasteiger partial charge < -0.3 is 10.2 Å². The van der Waals surface area contributed by atoms with Crippen molar-refractivity contribution in [2.24, 2.45) is 0 Å². The van der Waals surface area contributed by atoms with Gasteiger partial charge in [0, 0.05) is 37.3 Å². The Morgan fingerprint density at radius 3 is 2.86 bits per heavy atom. The quantitative estimate of drug-likeness (QED) is 0.848. The highest BCUT2D eigenvalue weighted by Crippen LogP contribution is 2.18. The minimum atomic E-state index is -0.0890. The normalized spacial score (nSPS) is 10.6. The predicted molar refractivity (Wildman–Crippen MR) is 87.4 cm³/mol. The largest absolute Gasteiger partial charge is 0.373 e. The number of nitrogens with zero attached hydrogens (tertiary/aromatic N) is 4. The average molecular weight is 307 g/mol. The minimum absolute atomic E-state index is 0.0890. The van der Waals surface area contributed by atoms with Crippen LogP contribution in [0.5, 0.6) is 0 Å². The second-order valence-electron chi connectivity index (χ2n) is 4.79. The summed E-state index contributed by atoms with van der Waals surface area (Å²) in [5.41, 5.74) is 0.768. The van der Waals surface area contributed by atoms with Gasteiger partial charge in [-0.2, -0.15) is 5.10 Å². The van der Waals surface area contributed by atoms with E-state index in [-0.39, 0.29) is 5.56 Å². The van der Waals surface area contributed by atoms with Crippen LogP contribution in [-0.2, 0) is 6.54 Å². The SMILES string of the molecule is CCCN(C)c1cnn(Cc2cnc(NCC)s2)c(=O)c1. The Kier molecular flexibility index (Phi) is 5.32. The lowest BCUT2D eigenvalue weighted by Crippen LogP contribution is -2.26. The van der Waals surface area contributed by atoms with Crippen molar-refractivity contribution < 1.29 is 0 Å². The van der Waals surface area contributed by atoms with Gasteiger partial charge in [-0.1, -0.05) is 6.92 Å². The molecule has 0 aliphatic heterocycles. The predicted octanol–water partition coefficient (Wildman–Crippen LogP) is 2.03. The Balaban J connectivity index is 2.11. The zero-order chi connectivity index (χ0) is 15.2. The second-order valence-corrected chi connectivity index (χ2v) is 5.91. The van der Waals surface area contributed by atoms with Gasteiger partial charge in [0.15, 0.2) is 5.13 Å². The molecule has 2 aromatic rings. The van der Waals surface area contributed by atoms with Crippen molar-refractivity contribution in [3.8, 4) is 0 Å². The van der Waals surface area contributed by atoms with Gasteiger partial charge in [-0.25, -0.2) is 9.67 Å². The zero-order valence-electron chi connectivity index (χ0n) is 12.7. The molecule has 2 rings (SSSR count). The summed E-state index contributed by atoms with van der Waals surface area (Å²) in [7, 11) is 1.97. The summed E-state index contributed by atoms with van der Waals surface area (Å²) in [6.07, 6.45) is 4.56. The van der Waals surface area contributed by atoms with Gasteiger partial charge >= 0.3 is 0 Å². The van der Waals surface area contributed by atoms with Crippen LogP contribution in [0.2, 0.25) is 0 Å². The van der Waals surface area contributed by atoms with Crippen molar-refractivity contribution in [3.05, 3.63) is 33.7 Å². The molecule has 6 nitrogen and oxygen atoms in total. The fourth-order valence-corrected chi connectivity index (χ4v) is 2.84. The molecule has 0 aromatic carbocycles. The first-order valence-corrected chi connectivity index (χ1v) is 7.92. The topological polar surface area (TPSA) is 63.1 Å². The lowest BCUT2D eigenvalue weighted by Gasteiger charge is -2.17. The molecule has 2 heterocycles. The monoisotopic (exact) mass is 307 g/mol. The fourth-order valence-electron chi connectivity index (χ4n) is 1.98. The molecule has 1 N–H and O–H groups in total. The smallest absolute Gasteiger partial charge is 0.269 e. The molecule has 0 radical (unpaired) electrons. The molecule has 0 aliphatic carbocycles. The summed E-state index contributed by atoms with van der Waals surface area (Å²) in [6.45, 7) is 6.34. The van der Waals surface area contributed by atoms with Gasteiger partial charge in [-0.3, -0.25) is 4.79 Å². The molecule has 0 unspecified atom stereocenters. The number of aromatic nitrogens is 3. The molecular weight excluding hydrogens is 286 g/mol. The fraction of sp³-hybridized carbons (Fsp3) is 0.500. The van der Waals surface area contributed by atoms with Crippen LogP contribution >= 0.6 is 11.3 Å². The molecular formula is C14H21N5OS. The standard InChI is InChI=1S/C14H21N5OS/c1-4-6-18(3)11-7-13(20)19(17-8-11)10-12-9-16-14(21-12)15-5-2/h7-9H,4-6,10H2,1-3H3,(H,15,16). The number of nitrogens with one attached hydrogen (secondary N) is 1. The molecule has 0 atom stereocenters. The molecule has 0 saturated carbocycles. The van der Waals surface area contributed by atoms with Crippen molar-refractivity contribution in [1.29, 1.82) is 0 Å². The highest BCUT2D eigenvalue weighted by Gasteiger charge is 2.07. The van der Waals surface area contributed by atoms with Crippen LogP contribution in [0.15, 0.2) is 23.3 Å². The average Bonchev–Trinajstić information content (AvgIpc) is 2.89. The summed E-state index contributed by atoms with van der Waals surface area (Å²) in [5, 5.41) is 8.29. The maximum Gasteiger partial charge on any atom is 0.269 e. The van der Waals surface area contributed by atoms with Gasteiger partial charge in [0.05, 0.1) is 18.4 Å². The summed E-state index contributed by atoms with van der Waals surface area (Å²) in [4.78, 5) is 19.4. The van der Waals surface area contributed by atoms with Crippen LogP contribution in [-0.4, -0.2) is 34.9 Å². The van der Waals surface area contributed by atoms with E-state index in [1.165, 1.54) is 4.68 Å². The molecule has 114 valence electrons. The molecule has 0 fully saturated rings. The van der Waals surface area contributed by atoms with E-state index in [0.29, 0.717) is 6.54 Å². The van der Waals surface area contributed by atoms with Crippen LogP contribution in [0, 0.1) is 0 Å². The third-order valence-electron chi connectivity index (χ3n) is 3.04. The lowest BCUT2D eigenvalue weighted by molar-refractivity contribution is 0.642. The lowest BCUT2D eigenvalue weighted by atomic mass is 10.3. The van der Waals surface area contributed by atoms with Gasteiger partial charge in [0.2, 0.25) is 0 Å². The zero-order valence-corrected chi connectivity index (χ0v) is 13.5. The van der Waals surface area contributed by atoms with Crippen molar-refractivity contribution in [2.45, 2.75) is 26.8 Å². The molecule has 0 spiro atoms. The van der Waals surface area contributed by atoms with E-state index in [1.807, 2.05) is 18.9 Å². The first-order chi connectivity index (χ1) is 10.1. The Labute approximate surface area is 128 Å². The molecule has 2 aromatic heterocycles. The van der Waals surface area contributed by atoms with E-state index in [4.69, 9.17) is 0 Å². The maximum atomic E-state index is 12.1. The van der Waals surface area contributed by atoms with E-state index < -0.39 is 0 Å². The summed E-state index contributed by atoms with van der Waals surface area (Å²) in [6, 6.07) is 1.63. The Morgan fingerprint density at radius 2 is 2.19 bits per heavy atom. The molecule has 0 aliphatic rings. The molecule has 21 heavy (non-hydrogen) atoms. The molecule has 7 heteroatoms. The van der Waals surface area contributed by atoms with Gasteiger partial charge in [0.1, 0.15) is 0 Å². The maximum absolute atomic E-state index is 12.1. The Hall–Kier alpha value is -1.89. The van der Waals surface area contributed by atoms with Crippen LogP contribution in [0.4, 0.5) is 10.8 Å². The van der Waals surface area contributed by atoms with E-state index in [2.05, 4.69) is 22.3 Å². The molecule has 0 saturated heterocycles. The summed E-state index contributed by atoms with van der Waals surface area (Å²) >= 11 is 1.55. The first-order valence-electron chi connectivity index (χ1n) is 7.11. The van der Waals surface area contributed by atoms with Gasteiger partial charge in [-0.05, 0) is 13.3 Å². The van der Waals surface area contributed by atoms with Gasteiger partial charge in [0.25, 0.3) is 5.56 Å². The first kappa shape index (κ1) is 15.5. The Morgan fingerprint density at radius 1 is 1.38 bits per heavy atom. The number of hydrogen-bond acceptors (Lipinski definition) is 6. The Bertz CT molecular complexity index is 636.